The van der Waals surface area contributed by atoms with Gasteiger partial charge in [0, 0.05) is 29.6 Å². The van der Waals surface area contributed by atoms with Gasteiger partial charge in [0.2, 0.25) is 0 Å². The predicted molar refractivity (Wildman–Crippen MR) is 64.4 cm³/mol. The van der Waals surface area contributed by atoms with E-state index in [2.05, 4.69) is 55.5 Å². The van der Waals surface area contributed by atoms with Crippen molar-refractivity contribution in [1.29, 1.82) is 0 Å². The quantitative estimate of drug-likeness (QED) is 0.634. The van der Waals surface area contributed by atoms with Crippen molar-refractivity contribution >= 4 is 46.8 Å². The molecule has 4 heteroatoms. The summed E-state index contributed by atoms with van der Waals surface area (Å²) in [6.45, 7) is 14.7. The first kappa shape index (κ1) is 15.4. The van der Waals surface area contributed by atoms with E-state index < -0.39 is 17.2 Å². The van der Waals surface area contributed by atoms with Gasteiger partial charge in [-0.1, -0.05) is 31.0 Å². The Bertz CT molecular complexity index is 146. The van der Waals surface area contributed by atoms with E-state index in [4.69, 9.17) is 0 Å². The van der Waals surface area contributed by atoms with E-state index >= 15 is 0 Å². The van der Waals surface area contributed by atoms with Gasteiger partial charge in [-0.25, -0.2) is 0 Å². The van der Waals surface area contributed by atoms with Crippen LogP contribution in [0.2, 0.25) is 19.6 Å². The van der Waals surface area contributed by atoms with Gasteiger partial charge in [0.15, 0.2) is 8.96 Å². The topological polar surface area (TPSA) is 3.24 Å². The number of nitrogens with zero attached hydrogens (tertiary/aromatic N) is 1. The second-order valence-corrected chi connectivity index (χ2v) is 12.0. The average molecular weight is 208 g/mol. The molecule has 0 aliphatic rings. The van der Waals surface area contributed by atoms with Crippen LogP contribution in [0.4, 0.5) is 0 Å². The van der Waals surface area contributed by atoms with E-state index in [1.54, 1.807) is 0 Å². The average Bonchev–Trinajstić information content (AvgIpc) is 1.88. The molecule has 0 aliphatic heterocycles. The van der Waals surface area contributed by atoms with Crippen LogP contribution >= 0.6 is 0 Å². The Labute approximate surface area is 102 Å². The molecule has 0 aromatic rings. The minimum absolute atomic E-state index is 0. The third-order valence-corrected chi connectivity index (χ3v) is 9.18. The zero-order chi connectivity index (χ0) is 9.07. The maximum absolute atomic E-state index is 3.84. The summed E-state index contributed by atoms with van der Waals surface area (Å²) in [4.78, 5) is 0. The van der Waals surface area contributed by atoms with Crippen molar-refractivity contribution in [1.82, 2.24) is 4.23 Å². The summed E-state index contributed by atoms with van der Waals surface area (Å²) in [5.41, 5.74) is 4.15. The number of rotatable bonds is 4. The van der Waals surface area contributed by atoms with Crippen molar-refractivity contribution < 1.29 is 0 Å². The van der Waals surface area contributed by atoms with Crippen molar-refractivity contribution in [2.24, 2.45) is 0 Å². The van der Waals surface area contributed by atoms with E-state index in [9.17, 15) is 0 Å². The van der Waals surface area contributed by atoms with E-state index in [1.807, 2.05) is 0 Å². The van der Waals surface area contributed by atoms with E-state index in [1.165, 1.54) is 0 Å². The molecule has 0 rings (SSSR count). The third kappa shape index (κ3) is 4.79. The minimum atomic E-state index is -1.11. The summed E-state index contributed by atoms with van der Waals surface area (Å²) in [5.74, 6) is 0. The fourth-order valence-electron chi connectivity index (χ4n) is 0.860. The van der Waals surface area contributed by atoms with Gasteiger partial charge in [0.1, 0.15) is 8.24 Å². The molecule has 0 spiro atoms. The van der Waals surface area contributed by atoms with Crippen LogP contribution < -0.4 is 0 Å². The first-order valence-corrected chi connectivity index (χ1v) is 9.21. The van der Waals surface area contributed by atoms with Crippen molar-refractivity contribution in [3.05, 3.63) is 24.6 Å². The van der Waals surface area contributed by atoms with Gasteiger partial charge in [-0.2, -0.15) is 0 Å². The molecule has 1 nitrogen and oxygen atoms in total. The molecule has 65 valence electrons. The maximum atomic E-state index is 3.84. The molecule has 0 saturated carbocycles. The number of hydrogen-bond donors (Lipinski definition) is 0. The van der Waals surface area contributed by atoms with Gasteiger partial charge < -0.3 is 4.23 Å². The van der Waals surface area contributed by atoms with Crippen LogP contribution in [0.1, 0.15) is 0 Å². The molecule has 0 aliphatic carbocycles. The molecule has 0 bridgehead atoms. The fraction of sp³-hybridized carbons (Fsp3) is 0.500. The van der Waals surface area contributed by atoms with Gasteiger partial charge >= 0.3 is 0 Å². The molecule has 0 N–H and O–H groups in total. The zero-order valence-electron chi connectivity index (χ0n) is 9.09. The van der Waals surface area contributed by atoms with E-state index in [-0.39, 0.29) is 29.6 Å². The van der Waals surface area contributed by atoms with Crippen molar-refractivity contribution in [3.8, 4) is 0 Å². The minimum Gasteiger partial charge on any atom is -0.345 e. The van der Waals surface area contributed by atoms with Crippen LogP contribution in [0.5, 0.6) is 0 Å². The van der Waals surface area contributed by atoms with Gasteiger partial charge in [-0.15, -0.1) is 13.2 Å². The predicted octanol–water partition coefficient (Wildman–Crippen LogP) is 1.55. The smallest absolute Gasteiger partial charge is 0.153 e. The van der Waals surface area contributed by atoms with E-state index in [0.29, 0.717) is 0 Å². The molecule has 0 amide bonds. The van der Waals surface area contributed by atoms with Crippen LogP contribution in [0.25, 0.3) is 0 Å². The van der Waals surface area contributed by atoms with Crippen LogP contribution in [0, 0.1) is 0 Å². The molecule has 1 radical (unpaired) electrons. The van der Waals surface area contributed by atoms with Gasteiger partial charge in [0.05, 0.1) is 0 Å². The van der Waals surface area contributed by atoms with Gasteiger partial charge in [0.25, 0.3) is 0 Å². The molecular formula is C8H19NNaSi2. The summed E-state index contributed by atoms with van der Waals surface area (Å²) in [6.07, 6.45) is 0. The Morgan fingerprint density at radius 2 is 1.50 bits per heavy atom. The molecular weight excluding hydrogens is 189 g/mol. The molecule has 0 heterocycles. The summed E-state index contributed by atoms with van der Waals surface area (Å²) in [6, 6.07) is 0. The van der Waals surface area contributed by atoms with Crippen molar-refractivity contribution in [3.63, 3.8) is 0 Å². The zero-order valence-corrected chi connectivity index (χ0v) is 13.2. The molecule has 0 atom stereocenters. The molecule has 0 unspecified atom stereocenters. The van der Waals surface area contributed by atoms with Crippen molar-refractivity contribution in [2.75, 3.05) is 7.05 Å². The maximum Gasteiger partial charge on any atom is 0.153 e. The second-order valence-electron chi connectivity index (χ2n) is 3.74. The van der Waals surface area contributed by atoms with Crippen LogP contribution in [0.15, 0.2) is 24.6 Å². The Balaban J connectivity index is 0. The van der Waals surface area contributed by atoms with E-state index in [0.717, 1.165) is 0 Å². The molecule has 0 aromatic heterocycles. The third-order valence-electron chi connectivity index (χ3n) is 1.99. The van der Waals surface area contributed by atoms with Crippen LogP contribution in [-0.2, 0) is 0 Å². The monoisotopic (exact) mass is 208 g/mol. The van der Waals surface area contributed by atoms with Crippen LogP contribution in [0.3, 0.4) is 0 Å². The Hall–Kier alpha value is 0.874. The summed E-state index contributed by atoms with van der Waals surface area (Å²) in [5, 5.41) is 0. The van der Waals surface area contributed by atoms with Crippen LogP contribution in [-0.4, -0.2) is 58.0 Å². The fourth-order valence-corrected chi connectivity index (χ4v) is 5.89. The summed E-state index contributed by atoms with van der Waals surface area (Å²) >= 11 is 0. The first-order valence-electron chi connectivity index (χ1n) is 3.91. The summed E-state index contributed by atoms with van der Waals surface area (Å²) in [7, 11) is 0.0994. The molecule has 0 saturated heterocycles. The number of hydrogen-bond acceptors (Lipinski definition) is 1. The second kappa shape index (κ2) is 6.35. The Kier molecular flexibility index (Phi) is 8.12. The molecule has 0 aromatic carbocycles. The molecule has 12 heavy (non-hydrogen) atoms. The van der Waals surface area contributed by atoms with Crippen molar-refractivity contribution in [2.45, 2.75) is 19.6 Å². The van der Waals surface area contributed by atoms with Gasteiger partial charge in [-0.3, -0.25) is 0 Å². The standard InChI is InChI=1S/C8H19NSi2.Na/c1-7-10(8-2)9(3)11(4,5)6;/h7-8,10H,1-2H2,3-6H3;. The first-order chi connectivity index (χ1) is 4.93. The largest absolute Gasteiger partial charge is 0.345 e. The Morgan fingerprint density at radius 3 is 1.58 bits per heavy atom. The van der Waals surface area contributed by atoms with Gasteiger partial charge in [-0.05, 0) is 7.05 Å². The summed E-state index contributed by atoms with van der Waals surface area (Å²) < 4.78 is 2.51. The Morgan fingerprint density at radius 1 is 1.17 bits per heavy atom. The molecule has 0 fully saturated rings. The SMILES string of the molecule is C=C[SiH](C=C)N(C)[Si](C)(C)C.[Na]. The normalized spacial score (nSPS) is 11.2.